The third-order valence-electron chi connectivity index (χ3n) is 2.35. The van der Waals surface area contributed by atoms with Gasteiger partial charge >= 0.3 is 6.09 Å². The normalized spacial score (nSPS) is 10.4. The molecule has 0 aliphatic rings. The number of amides is 1. The van der Waals surface area contributed by atoms with Crippen LogP contribution in [0.3, 0.4) is 0 Å². The predicted molar refractivity (Wildman–Crippen MR) is 71.3 cm³/mol. The number of benzene rings is 1. The predicted octanol–water partition coefficient (Wildman–Crippen LogP) is 3.34. The molecule has 1 amide bonds. The Balaban J connectivity index is 2.23. The summed E-state index contributed by atoms with van der Waals surface area (Å²) in [5.41, 5.74) is 2.30. The number of carbonyl (C=O) groups is 1. The number of aromatic nitrogens is 1. The van der Waals surface area contributed by atoms with Crippen molar-refractivity contribution >= 4 is 23.9 Å². The van der Waals surface area contributed by atoms with E-state index in [4.69, 9.17) is 5.11 Å². The van der Waals surface area contributed by atoms with E-state index in [1.165, 1.54) is 6.20 Å². The Labute approximate surface area is 105 Å². The van der Waals surface area contributed by atoms with Crippen molar-refractivity contribution in [1.82, 2.24) is 4.98 Å². The monoisotopic (exact) mass is 240 g/mol. The van der Waals surface area contributed by atoms with Crippen LogP contribution in [0.4, 0.5) is 10.5 Å². The van der Waals surface area contributed by atoms with Gasteiger partial charge in [0.25, 0.3) is 0 Å². The summed E-state index contributed by atoms with van der Waals surface area (Å²) in [4.78, 5) is 14.5. The average Bonchev–Trinajstić information content (AvgIpc) is 2.38. The summed E-state index contributed by atoms with van der Waals surface area (Å²) in [6.07, 6.45) is 5.78. The molecule has 0 saturated carbocycles. The molecular formula is C14H12N2O2. The molecule has 1 aromatic heterocycles. The van der Waals surface area contributed by atoms with Crippen molar-refractivity contribution in [2.24, 2.45) is 0 Å². The lowest BCUT2D eigenvalue weighted by molar-refractivity contribution is 0.209. The first-order valence-electron chi connectivity index (χ1n) is 5.43. The maximum Gasteiger partial charge on any atom is 0.409 e. The minimum absolute atomic E-state index is 0.470. The molecule has 0 spiro atoms. The van der Waals surface area contributed by atoms with Crippen molar-refractivity contribution in [3.8, 4) is 0 Å². The van der Waals surface area contributed by atoms with Crippen LogP contribution < -0.4 is 5.32 Å². The Kier molecular flexibility index (Phi) is 3.71. The Morgan fingerprint density at radius 1 is 1.17 bits per heavy atom. The van der Waals surface area contributed by atoms with Crippen LogP contribution in [-0.4, -0.2) is 16.2 Å². The quantitative estimate of drug-likeness (QED) is 0.864. The zero-order valence-electron chi connectivity index (χ0n) is 9.58. The summed E-state index contributed by atoms with van der Waals surface area (Å²) >= 11 is 0. The van der Waals surface area contributed by atoms with E-state index in [1.54, 1.807) is 12.3 Å². The van der Waals surface area contributed by atoms with Crippen LogP contribution >= 0.6 is 0 Å². The molecule has 1 aromatic carbocycles. The SMILES string of the molecule is O=C(O)Nc1cnccc1C=Cc1ccccc1. The molecule has 90 valence electrons. The molecule has 0 unspecified atom stereocenters. The molecule has 0 aliphatic heterocycles. The molecule has 18 heavy (non-hydrogen) atoms. The molecule has 2 aromatic rings. The number of nitrogens with one attached hydrogen (secondary N) is 1. The molecular weight excluding hydrogens is 228 g/mol. The van der Waals surface area contributed by atoms with Gasteiger partial charge in [-0.25, -0.2) is 4.79 Å². The highest BCUT2D eigenvalue weighted by Gasteiger charge is 2.02. The van der Waals surface area contributed by atoms with Crippen molar-refractivity contribution < 1.29 is 9.90 Å². The standard InChI is InChI=1S/C14H12N2O2/c17-14(18)16-13-10-15-9-8-12(13)7-6-11-4-2-1-3-5-11/h1-10,16H,(H,17,18). The van der Waals surface area contributed by atoms with Gasteiger partial charge in [-0.05, 0) is 11.6 Å². The van der Waals surface area contributed by atoms with Crippen molar-refractivity contribution in [3.05, 3.63) is 59.9 Å². The Morgan fingerprint density at radius 2 is 1.94 bits per heavy atom. The zero-order chi connectivity index (χ0) is 12.8. The van der Waals surface area contributed by atoms with Crippen molar-refractivity contribution in [2.45, 2.75) is 0 Å². The van der Waals surface area contributed by atoms with E-state index >= 15 is 0 Å². The van der Waals surface area contributed by atoms with Crippen LogP contribution in [0, 0.1) is 0 Å². The maximum atomic E-state index is 10.6. The van der Waals surface area contributed by atoms with Gasteiger partial charge in [-0.3, -0.25) is 10.3 Å². The minimum atomic E-state index is -1.10. The molecule has 0 bridgehead atoms. The van der Waals surface area contributed by atoms with E-state index in [0.717, 1.165) is 11.1 Å². The van der Waals surface area contributed by atoms with Crippen molar-refractivity contribution in [1.29, 1.82) is 0 Å². The van der Waals surface area contributed by atoms with Gasteiger partial charge in [-0.2, -0.15) is 0 Å². The summed E-state index contributed by atoms with van der Waals surface area (Å²) in [6, 6.07) is 11.5. The lowest BCUT2D eigenvalue weighted by Crippen LogP contribution is -2.08. The molecule has 4 nitrogen and oxygen atoms in total. The summed E-state index contributed by atoms with van der Waals surface area (Å²) < 4.78 is 0. The fourth-order valence-electron chi connectivity index (χ4n) is 1.52. The van der Waals surface area contributed by atoms with E-state index in [1.807, 2.05) is 42.5 Å². The largest absolute Gasteiger partial charge is 0.465 e. The number of pyridine rings is 1. The number of rotatable bonds is 3. The minimum Gasteiger partial charge on any atom is -0.465 e. The van der Waals surface area contributed by atoms with Gasteiger partial charge in [0.15, 0.2) is 0 Å². The van der Waals surface area contributed by atoms with Crippen molar-refractivity contribution in [2.75, 3.05) is 5.32 Å². The van der Waals surface area contributed by atoms with Crippen LogP contribution in [0.5, 0.6) is 0 Å². The second kappa shape index (κ2) is 5.63. The van der Waals surface area contributed by atoms with Gasteiger partial charge in [0.05, 0.1) is 11.9 Å². The number of hydrogen-bond donors (Lipinski definition) is 2. The number of hydrogen-bond acceptors (Lipinski definition) is 2. The number of nitrogens with zero attached hydrogens (tertiary/aromatic N) is 1. The lowest BCUT2D eigenvalue weighted by Gasteiger charge is -2.03. The van der Waals surface area contributed by atoms with Gasteiger partial charge in [0.2, 0.25) is 0 Å². The van der Waals surface area contributed by atoms with E-state index in [-0.39, 0.29) is 0 Å². The highest BCUT2D eigenvalue weighted by atomic mass is 16.4. The fourth-order valence-corrected chi connectivity index (χ4v) is 1.52. The fraction of sp³-hybridized carbons (Fsp3) is 0. The van der Waals surface area contributed by atoms with E-state index in [0.29, 0.717) is 5.69 Å². The highest BCUT2D eigenvalue weighted by molar-refractivity contribution is 5.87. The molecule has 0 aliphatic carbocycles. The first-order chi connectivity index (χ1) is 8.75. The van der Waals surface area contributed by atoms with Gasteiger partial charge in [0.1, 0.15) is 0 Å². The summed E-state index contributed by atoms with van der Waals surface area (Å²) in [5, 5.41) is 11.0. The van der Waals surface area contributed by atoms with Crippen LogP contribution in [0.2, 0.25) is 0 Å². The molecule has 0 radical (unpaired) electrons. The van der Waals surface area contributed by atoms with Crippen LogP contribution in [0.15, 0.2) is 48.8 Å². The topological polar surface area (TPSA) is 62.2 Å². The van der Waals surface area contributed by atoms with E-state index in [9.17, 15) is 4.79 Å². The average molecular weight is 240 g/mol. The maximum absolute atomic E-state index is 10.6. The van der Waals surface area contributed by atoms with Gasteiger partial charge in [-0.15, -0.1) is 0 Å². The second-order valence-corrected chi connectivity index (χ2v) is 3.64. The van der Waals surface area contributed by atoms with Crippen LogP contribution in [0.25, 0.3) is 12.2 Å². The zero-order valence-corrected chi connectivity index (χ0v) is 9.58. The molecule has 4 heteroatoms. The van der Waals surface area contributed by atoms with Crippen molar-refractivity contribution in [3.63, 3.8) is 0 Å². The molecule has 0 atom stereocenters. The highest BCUT2D eigenvalue weighted by Crippen LogP contribution is 2.16. The van der Waals surface area contributed by atoms with Gasteiger partial charge in [0, 0.05) is 11.8 Å². The summed E-state index contributed by atoms with van der Waals surface area (Å²) in [6.45, 7) is 0. The molecule has 2 rings (SSSR count). The first kappa shape index (κ1) is 11.9. The van der Waals surface area contributed by atoms with Gasteiger partial charge in [-0.1, -0.05) is 42.5 Å². The first-order valence-corrected chi connectivity index (χ1v) is 5.43. The lowest BCUT2D eigenvalue weighted by atomic mass is 10.1. The summed E-state index contributed by atoms with van der Waals surface area (Å²) in [7, 11) is 0. The molecule has 1 heterocycles. The Bertz CT molecular complexity index is 565. The Hall–Kier alpha value is -2.62. The number of anilines is 1. The van der Waals surface area contributed by atoms with E-state index < -0.39 is 6.09 Å². The number of carboxylic acid groups (broad SMARTS) is 1. The molecule has 0 saturated heterocycles. The van der Waals surface area contributed by atoms with E-state index in [2.05, 4.69) is 10.3 Å². The second-order valence-electron chi connectivity index (χ2n) is 3.64. The van der Waals surface area contributed by atoms with Crippen LogP contribution in [-0.2, 0) is 0 Å². The molecule has 0 fully saturated rings. The smallest absolute Gasteiger partial charge is 0.409 e. The third-order valence-corrected chi connectivity index (χ3v) is 2.35. The summed E-state index contributed by atoms with van der Waals surface area (Å²) in [5.74, 6) is 0. The van der Waals surface area contributed by atoms with Crippen LogP contribution in [0.1, 0.15) is 11.1 Å². The third kappa shape index (κ3) is 3.18. The van der Waals surface area contributed by atoms with Gasteiger partial charge < -0.3 is 5.11 Å². The molecule has 2 N–H and O–H groups in total. The Morgan fingerprint density at radius 3 is 2.67 bits per heavy atom.